The van der Waals surface area contributed by atoms with Gasteiger partial charge in [-0.1, -0.05) is 27.2 Å². The molecule has 0 saturated carbocycles. The molecule has 11 heteroatoms. The number of alkyl halides is 2. The van der Waals surface area contributed by atoms with Crippen molar-refractivity contribution in [2.75, 3.05) is 19.8 Å². The van der Waals surface area contributed by atoms with Gasteiger partial charge >= 0.3 is 6.11 Å². The molecule has 3 aromatic carbocycles. The molecule has 0 radical (unpaired) electrons. The molecular weight excluding hydrogens is 593 g/mol. The van der Waals surface area contributed by atoms with Crippen LogP contribution in [0, 0.1) is 35.0 Å². The van der Waals surface area contributed by atoms with E-state index in [9.17, 15) is 22.0 Å². The molecule has 1 aliphatic rings. The maximum Gasteiger partial charge on any atom is 0.432 e. The van der Waals surface area contributed by atoms with E-state index in [1.807, 2.05) is 13.8 Å². The average Bonchev–Trinajstić information content (AvgIpc) is 2.97. The van der Waals surface area contributed by atoms with Crippen molar-refractivity contribution in [3.05, 3.63) is 76.6 Å². The minimum absolute atomic E-state index is 0.144. The zero-order valence-corrected chi connectivity index (χ0v) is 24.8. The van der Waals surface area contributed by atoms with Gasteiger partial charge in [0.05, 0.1) is 31.5 Å². The highest BCUT2D eigenvalue weighted by Crippen LogP contribution is 2.46. The summed E-state index contributed by atoms with van der Waals surface area (Å²) in [5.74, 6) is -9.15. The lowest BCUT2D eigenvalue weighted by atomic mass is 9.90. The molecule has 2 atom stereocenters. The summed E-state index contributed by atoms with van der Waals surface area (Å²) in [5, 5.41) is 0. The van der Waals surface area contributed by atoms with Gasteiger partial charge < -0.3 is 18.9 Å². The van der Waals surface area contributed by atoms with E-state index in [0.717, 1.165) is 31.2 Å². The summed E-state index contributed by atoms with van der Waals surface area (Å²) in [6, 6.07) is 5.09. The van der Waals surface area contributed by atoms with Gasteiger partial charge in [-0.2, -0.15) is 8.78 Å². The molecule has 4 rings (SSSR count). The first-order valence-corrected chi connectivity index (χ1v) is 14.7. The van der Waals surface area contributed by atoms with Crippen LogP contribution in [0.15, 0.2) is 36.4 Å². The molecule has 3 aromatic rings. The van der Waals surface area contributed by atoms with E-state index in [1.54, 1.807) is 12.1 Å². The third kappa shape index (κ3) is 7.60. The number of hydrogen-bond donors (Lipinski definition) is 0. The number of benzene rings is 3. The van der Waals surface area contributed by atoms with Crippen LogP contribution in [-0.4, -0.2) is 19.8 Å². The third-order valence-electron chi connectivity index (χ3n) is 7.28. The van der Waals surface area contributed by atoms with Crippen LogP contribution in [0.25, 0.3) is 11.1 Å². The van der Waals surface area contributed by atoms with E-state index in [2.05, 4.69) is 11.7 Å². The fraction of sp³-hybridized carbons (Fsp3) is 0.455. The van der Waals surface area contributed by atoms with Gasteiger partial charge in [0.15, 0.2) is 17.5 Å². The van der Waals surface area contributed by atoms with Crippen LogP contribution in [-0.2, 0) is 10.8 Å². The maximum absolute atomic E-state index is 15.3. The fourth-order valence-corrected chi connectivity index (χ4v) is 5.22. The van der Waals surface area contributed by atoms with Gasteiger partial charge in [-0.25, -0.2) is 22.0 Å². The molecule has 0 aliphatic carbocycles. The van der Waals surface area contributed by atoms with Gasteiger partial charge in [0.2, 0.25) is 0 Å². The highest BCUT2D eigenvalue weighted by molar-refractivity contribution is 5.78. The van der Waals surface area contributed by atoms with E-state index in [-0.39, 0.29) is 54.1 Å². The summed E-state index contributed by atoms with van der Waals surface area (Å²) in [7, 11) is 0. The highest BCUT2D eigenvalue weighted by atomic mass is 19.3. The van der Waals surface area contributed by atoms with Crippen LogP contribution in [0.2, 0.25) is 0 Å². The molecule has 0 aromatic heterocycles. The SMILES string of the molecule is CCCOc1cc([C@@H]2CCC(CCC)CO2)cc(OCCC)c1-c1cc(F)c(C(F)(F)Oc2cc(F)c(F)c(F)c2)c(F)c1. The molecule has 1 fully saturated rings. The molecule has 44 heavy (non-hydrogen) atoms. The second-order valence-corrected chi connectivity index (χ2v) is 10.8. The van der Waals surface area contributed by atoms with Crippen molar-refractivity contribution < 1.29 is 49.7 Å². The molecule has 1 saturated heterocycles. The number of hydrogen-bond acceptors (Lipinski definition) is 4. The first-order valence-electron chi connectivity index (χ1n) is 14.7. The van der Waals surface area contributed by atoms with Crippen molar-refractivity contribution in [2.24, 2.45) is 5.92 Å². The van der Waals surface area contributed by atoms with Gasteiger partial charge in [-0.05, 0) is 73.4 Å². The number of halogens is 7. The summed E-state index contributed by atoms with van der Waals surface area (Å²) in [4.78, 5) is 0. The smallest absolute Gasteiger partial charge is 0.432 e. The fourth-order valence-electron chi connectivity index (χ4n) is 5.22. The van der Waals surface area contributed by atoms with Crippen molar-refractivity contribution in [1.29, 1.82) is 0 Å². The van der Waals surface area contributed by atoms with Crippen molar-refractivity contribution in [2.45, 2.75) is 71.5 Å². The Bertz CT molecular complexity index is 1360. The molecule has 1 aliphatic heterocycles. The standard InChI is InChI=1S/C33H35F7O4/c1-4-7-19-8-9-27(43-18-19)20-14-28(41-10-5-2)30(29(15-20)42-11-6-3)21-12-23(34)31(24(35)13-21)33(39,40)44-22-16-25(36)32(38)26(37)17-22/h12-17,19,27H,4-11,18H2,1-3H3/t19?,27-/m0/s1. The van der Waals surface area contributed by atoms with Crippen molar-refractivity contribution in [1.82, 2.24) is 0 Å². The summed E-state index contributed by atoms with van der Waals surface area (Å²) in [6.45, 7) is 7.00. The summed E-state index contributed by atoms with van der Waals surface area (Å²) in [6.07, 6.45) is 0.122. The van der Waals surface area contributed by atoms with Crippen LogP contribution < -0.4 is 14.2 Å². The Morgan fingerprint density at radius 3 is 1.80 bits per heavy atom. The molecule has 1 unspecified atom stereocenters. The van der Waals surface area contributed by atoms with Crippen LogP contribution in [0.4, 0.5) is 30.7 Å². The van der Waals surface area contributed by atoms with Crippen LogP contribution in [0.5, 0.6) is 17.2 Å². The first-order chi connectivity index (χ1) is 21.0. The molecule has 0 spiro atoms. The first kappa shape index (κ1) is 33.4. The van der Waals surface area contributed by atoms with Crippen LogP contribution in [0.1, 0.15) is 76.5 Å². The van der Waals surface area contributed by atoms with Gasteiger partial charge in [-0.3, -0.25) is 0 Å². The van der Waals surface area contributed by atoms with Crippen LogP contribution >= 0.6 is 0 Å². The van der Waals surface area contributed by atoms with Gasteiger partial charge in [0, 0.05) is 12.1 Å². The van der Waals surface area contributed by atoms with Crippen LogP contribution in [0.3, 0.4) is 0 Å². The summed E-state index contributed by atoms with van der Waals surface area (Å²) >= 11 is 0. The Hall–Kier alpha value is -3.47. The lowest BCUT2D eigenvalue weighted by Crippen LogP contribution is -2.25. The zero-order valence-electron chi connectivity index (χ0n) is 24.8. The molecule has 0 N–H and O–H groups in total. The van der Waals surface area contributed by atoms with E-state index >= 15 is 8.78 Å². The Balaban J connectivity index is 1.75. The monoisotopic (exact) mass is 628 g/mol. The van der Waals surface area contributed by atoms with Crippen molar-refractivity contribution in [3.63, 3.8) is 0 Å². The summed E-state index contributed by atoms with van der Waals surface area (Å²) in [5.41, 5.74) is -1.02. The minimum atomic E-state index is -4.72. The van der Waals surface area contributed by atoms with Gasteiger partial charge in [0.1, 0.15) is 34.4 Å². The van der Waals surface area contributed by atoms with E-state index in [1.165, 1.54) is 0 Å². The molecule has 4 nitrogen and oxygen atoms in total. The molecule has 0 bridgehead atoms. The van der Waals surface area contributed by atoms with E-state index < -0.39 is 46.5 Å². The average molecular weight is 629 g/mol. The molecular formula is C33H35F7O4. The quantitative estimate of drug-likeness (QED) is 0.139. The van der Waals surface area contributed by atoms with E-state index in [0.29, 0.717) is 37.5 Å². The molecule has 240 valence electrons. The predicted octanol–water partition coefficient (Wildman–Crippen LogP) is 10.0. The largest absolute Gasteiger partial charge is 0.493 e. The maximum atomic E-state index is 15.3. The Kier molecular flexibility index (Phi) is 11.0. The third-order valence-corrected chi connectivity index (χ3v) is 7.28. The lowest BCUT2D eigenvalue weighted by molar-refractivity contribution is -0.189. The number of rotatable bonds is 13. The second kappa shape index (κ2) is 14.5. The van der Waals surface area contributed by atoms with Gasteiger partial charge in [-0.15, -0.1) is 0 Å². The minimum Gasteiger partial charge on any atom is -0.493 e. The zero-order chi connectivity index (χ0) is 32.0. The highest BCUT2D eigenvalue weighted by Gasteiger charge is 2.42. The Labute approximate surface area is 252 Å². The van der Waals surface area contributed by atoms with Crippen molar-refractivity contribution >= 4 is 0 Å². The second-order valence-electron chi connectivity index (χ2n) is 10.8. The normalized spacial score (nSPS) is 17.0. The lowest BCUT2D eigenvalue weighted by Gasteiger charge is -2.30. The molecule has 0 amide bonds. The topological polar surface area (TPSA) is 36.9 Å². The van der Waals surface area contributed by atoms with Gasteiger partial charge in [0.25, 0.3) is 0 Å². The Morgan fingerprint density at radius 2 is 1.32 bits per heavy atom. The Morgan fingerprint density at radius 1 is 0.750 bits per heavy atom. The summed E-state index contributed by atoms with van der Waals surface area (Å²) < 4.78 is 123. The van der Waals surface area contributed by atoms with E-state index in [4.69, 9.17) is 14.2 Å². The number of ether oxygens (including phenoxy) is 4. The van der Waals surface area contributed by atoms with Crippen molar-refractivity contribution in [3.8, 4) is 28.4 Å². The molecule has 1 heterocycles. The predicted molar refractivity (Wildman–Crippen MR) is 151 cm³/mol.